The van der Waals surface area contributed by atoms with Crippen molar-refractivity contribution < 1.29 is 13.6 Å². The van der Waals surface area contributed by atoms with Crippen molar-refractivity contribution in [1.29, 1.82) is 0 Å². The molecule has 166 valence electrons. The van der Waals surface area contributed by atoms with E-state index in [0.29, 0.717) is 24.4 Å². The van der Waals surface area contributed by atoms with Gasteiger partial charge in [0.15, 0.2) is 11.6 Å². The van der Waals surface area contributed by atoms with Crippen LogP contribution in [0.15, 0.2) is 42.5 Å². The predicted octanol–water partition coefficient (Wildman–Crippen LogP) is 4.02. The number of piperazine rings is 1. The molecule has 0 radical (unpaired) electrons. The number of hydrogen-bond donors (Lipinski definition) is 0. The summed E-state index contributed by atoms with van der Waals surface area (Å²) >= 11 is 0. The average Bonchev–Trinajstić information content (AvgIpc) is 2.80. The number of para-hydroxylation sites is 1. The molecule has 0 spiro atoms. The molecule has 2 saturated heterocycles. The average molecular weight is 428 g/mol. The van der Waals surface area contributed by atoms with Crippen LogP contribution in [-0.2, 0) is 11.2 Å². The number of likely N-dealkylation sites (tertiary alicyclic amines) is 1. The van der Waals surface area contributed by atoms with E-state index in [1.54, 1.807) is 6.07 Å². The van der Waals surface area contributed by atoms with Gasteiger partial charge in [-0.05, 0) is 55.5 Å². The van der Waals surface area contributed by atoms with E-state index < -0.39 is 11.6 Å². The van der Waals surface area contributed by atoms with Crippen molar-refractivity contribution >= 4 is 11.6 Å². The summed E-state index contributed by atoms with van der Waals surface area (Å²) in [4.78, 5) is 19.7. The third-order valence-corrected chi connectivity index (χ3v) is 6.65. The van der Waals surface area contributed by atoms with E-state index in [2.05, 4.69) is 41.0 Å². The Bertz CT molecular complexity index is 911. The van der Waals surface area contributed by atoms with Crippen molar-refractivity contribution in [1.82, 2.24) is 9.80 Å². The third kappa shape index (κ3) is 5.24. The highest BCUT2D eigenvalue weighted by atomic mass is 19.2. The number of nitrogens with zero attached hydrogens (tertiary/aromatic N) is 3. The summed E-state index contributed by atoms with van der Waals surface area (Å²) in [5, 5.41) is 0. The van der Waals surface area contributed by atoms with Crippen LogP contribution in [0.5, 0.6) is 0 Å². The maximum Gasteiger partial charge on any atom is 0.222 e. The van der Waals surface area contributed by atoms with Gasteiger partial charge in [0.05, 0.1) is 0 Å². The minimum atomic E-state index is -0.854. The first-order valence-corrected chi connectivity index (χ1v) is 11.3. The zero-order valence-electron chi connectivity index (χ0n) is 18.2. The molecule has 2 aliphatic heterocycles. The minimum Gasteiger partial charge on any atom is -0.369 e. The molecule has 2 aromatic rings. The van der Waals surface area contributed by atoms with E-state index >= 15 is 0 Å². The fourth-order valence-corrected chi connectivity index (χ4v) is 4.83. The lowest BCUT2D eigenvalue weighted by molar-refractivity contribution is -0.133. The third-order valence-electron chi connectivity index (χ3n) is 6.65. The quantitative estimate of drug-likeness (QED) is 0.721. The molecule has 0 bridgehead atoms. The number of hydrogen-bond acceptors (Lipinski definition) is 3. The van der Waals surface area contributed by atoms with Crippen LogP contribution in [0.2, 0.25) is 0 Å². The summed E-state index contributed by atoms with van der Waals surface area (Å²) in [7, 11) is 0. The lowest BCUT2D eigenvalue weighted by Gasteiger charge is -2.44. The molecule has 0 unspecified atom stereocenters. The van der Waals surface area contributed by atoms with Gasteiger partial charge in [0, 0.05) is 57.4 Å². The maximum atomic E-state index is 13.4. The highest BCUT2D eigenvalue weighted by molar-refractivity contribution is 5.76. The lowest BCUT2D eigenvalue weighted by Crippen LogP contribution is -2.56. The van der Waals surface area contributed by atoms with E-state index in [0.717, 1.165) is 58.2 Å². The summed E-state index contributed by atoms with van der Waals surface area (Å²) in [5.74, 6) is -1.60. The zero-order chi connectivity index (χ0) is 21.8. The topological polar surface area (TPSA) is 26.8 Å². The molecule has 0 aromatic heterocycles. The Morgan fingerprint density at radius 2 is 1.77 bits per heavy atom. The van der Waals surface area contributed by atoms with Crippen LogP contribution in [0.25, 0.3) is 0 Å². The molecule has 1 amide bonds. The maximum absolute atomic E-state index is 13.4. The van der Waals surface area contributed by atoms with Gasteiger partial charge >= 0.3 is 0 Å². The first kappa shape index (κ1) is 21.8. The molecule has 2 aliphatic rings. The molecule has 0 N–H and O–H groups in total. The van der Waals surface area contributed by atoms with Crippen molar-refractivity contribution in [2.75, 3.05) is 44.2 Å². The van der Waals surface area contributed by atoms with E-state index in [1.807, 2.05) is 4.90 Å². The van der Waals surface area contributed by atoms with E-state index in [-0.39, 0.29) is 5.91 Å². The van der Waals surface area contributed by atoms with Crippen LogP contribution >= 0.6 is 0 Å². The Balaban J connectivity index is 1.28. The molecule has 4 rings (SSSR count). The second-order valence-electron chi connectivity index (χ2n) is 8.69. The summed E-state index contributed by atoms with van der Waals surface area (Å²) in [6.45, 7) is 7.74. The molecule has 2 aromatic carbocycles. The molecule has 2 heterocycles. The molecule has 31 heavy (non-hydrogen) atoms. The smallest absolute Gasteiger partial charge is 0.222 e. The zero-order valence-corrected chi connectivity index (χ0v) is 18.2. The predicted molar refractivity (Wildman–Crippen MR) is 119 cm³/mol. The number of aryl methyl sites for hydroxylation is 2. The second kappa shape index (κ2) is 9.77. The van der Waals surface area contributed by atoms with Crippen LogP contribution in [0, 0.1) is 18.6 Å². The highest BCUT2D eigenvalue weighted by Crippen LogP contribution is 2.24. The standard InChI is InChI=1S/C25H31F2N3O/c1-19-5-2-3-7-24(19)29-15-13-28(14-16-29)21-6-4-12-30(18-21)25(31)11-9-20-8-10-22(26)23(27)17-20/h2-3,5,7-8,10,17,21H,4,6,9,11-16,18H2,1H3/t21-/m1/s1. The first-order chi connectivity index (χ1) is 15.0. The summed E-state index contributed by atoms with van der Waals surface area (Å²) in [6, 6.07) is 12.8. The fraction of sp³-hybridized carbons (Fsp3) is 0.480. The Morgan fingerprint density at radius 3 is 2.52 bits per heavy atom. The Kier molecular flexibility index (Phi) is 6.86. The van der Waals surface area contributed by atoms with Gasteiger partial charge in [-0.1, -0.05) is 24.3 Å². The van der Waals surface area contributed by atoms with Crippen molar-refractivity contribution in [2.45, 2.75) is 38.6 Å². The minimum absolute atomic E-state index is 0.105. The SMILES string of the molecule is Cc1ccccc1N1CCN([C@@H]2CCCN(C(=O)CCc3ccc(F)c(F)c3)C2)CC1. The molecule has 2 fully saturated rings. The number of carbonyl (C=O) groups excluding carboxylic acids is 1. The molecular formula is C25H31F2N3O. The van der Waals surface area contributed by atoms with Crippen molar-refractivity contribution in [3.63, 3.8) is 0 Å². The second-order valence-corrected chi connectivity index (χ2v) is 8.69. The largest absolute Gasteiger partial charge is 0.369 e. The van der Waals surface area contributed by atoms with Crippen LogP contribution in [0.4, 0.5) is 14.5 Å². The highest BCUT2D eigenvalue weighted by Gasteiger charge is 2.30. The van der Waals surface area contributed by atoms with Gasteiger partial charge in [0.1, 0.15) is 0 Å². The number of benzene rings is 2. The number of carbonyl (C=O) groups is 1. The first-order valence-electron chi connectivity index (χ1n) is 11.3. The van der Waals surface area contributed by atoms with Gasteiger partial charge in [-0.25, -0.2) is 8.78 Å². The Hall–Kier alpha value is -2.47. The normalized spacial score (nSPS) is 20.2. The molecular weight excluding hydrogens is 396 g/mol. The van der Waals surface area contributed by atoms with Crippen molar-refractivity contribution in [3.8, 4) is 0 Å². The number of halogens is 2. The van der Waals surface area contributed by atoms with Gasteiger partial charge in [-0.3, -0.25) is 9.69 Å². The van der Waals surface area contributed by atoms with Crippen molar-refractivity contribution in [2.24, 2.45) is 0 Å². The number of anilines is 1. The van der Waals surface area contributed by atoms with Gasteiger partial charge in [0.25, 0.3) is 0 Å². The summed E-state index contributed by atoms with van der Waals surface area (Å²) < 4.78 is 26.5. The van der Waals surface area contributed by atoms with Crippen LogP contribution in [-0.4, -0.2) is 61.0 Å². The molecule has 1 atom stereocenters. The van der Waals surface area contributed by atoms with Gasteiger partial charge in [0.2, 0.25) is 5.91 Å². The van der Waals surface area contributed by atoms with Gasteiger partial charge in [-0.15, -0.1) is 0 Å². The monoisotopic (exact) mass is 427 g/mol. The number of amides is 1. The fourth-order valence-electron chi connectivity index (χ4n) is 4.83. The lowest BCUT2D eigenvalue weighted by atomic mass is 10.0. The molecule has 4 nitrogen and oxygen atoms in total. The van der Waals surface area contributed by atoms with E-state index in [1.165, 1.54) is 17.3 Å². The summed E-state index contributed by atoms with van der Waals surface area (Å²) in [5.41, 5.74) is 3.29. The molecule has 0 saturated carbocycles. The van der Waals surface area contributed by atoms with Gasteiger partial charge < -0.3 is 9.80 Å². The van der Waals surface area contributed by atoms with Crippen molar-refractivity contribution in [3.05, 3.63) is 65.2 Å². The van der Waals surface area contributed by atoms with E-state index in [9.17, 15) is 13.6 Å². The van der Waals surface area contributed by atoms with Crippen LogP contribution in [0.3, 0.4) is 0 Å². The Morgan fingerprint density at radius 1 is 1.00 bits per heavy atom. The van der Waals surface area contributed by atoms with E-state index in [4.69, 9.17) is 0 Å². The summed E-state index contributed by atoms with van der Waals surface area (Å²) in [6.07, 6.45) is 2.90. The molecule has 0 aliphatic carbocycles. The molecule has 6 heteroatoms. The van der Waals surface area contributed by atoms with Gasteiger partial charge in [-0.2, -0.15) is 0 Å². The van der Waals surface area contributed by atoms with Crippen LogP contribution in [0.1, 0.15) is 30.4 Å². The number of rotatable bonds is 5. The van der Waals surface area contributed by atoms with Crippen LogP contribution < -0.4 is 4.90 Å². The Labute approximate surface area is 183 Å². The number of piperidine rings is 1.